The fourth-order valence-corrected chi connectivity index (χ4v) is 3.94. The number of carbonyl (C=O) groups excluding carboxylic acids is 1. The summed E-state index contributed by atoms with van der Waals surface area (Å²) < 4.78 is 0.904. The number of nitrogens with one attached hydrogen (secondary N) is 1. The lowest BCUT2D eigenvalue weighted by Crippen LogP contribution is -2.21. The predicted molar refractivity (Wildman–Crippen MR) is 76.4 cm³/mol. The van der Waals surface area contributed by atoms with Gasteiger partial charge in [-0.15, -0.1) is 10.2 Å². The molecule has 1 saturated carbocycles. The molecule has 0 aromatic carbocycles. The number of carbonyl (C=O) groups is 1. The third-order valence-electron chi connectivity index (χ3n) is 2.81. The van der Waals surface area contributed by atoms with Crippen molar-refractivity contribution in [2.24, 2.45) is 5.92 Å². The molecule has 1 fully saturated rings. The first-order valence-electron chi connectivity index (χ1n) is 6.42. The first-order valence-corrected chi connectivity index (χ1v) is 8.11. The molecule has 0 saturated heterocycles. The minimum absolute atomic E-state index is 0.102. The highest BCUT2D eigenvalue weighted by molar-refractivity contribution is 8.02. The highest BCUT2D eigenvalue weighted by Crippen LogP contribution is 2.34. The van der Waals surface area contributed by atoms with E-state index >= 15 is 0 Å². The molecule has 0 spiro atoms. The summed E-state index contributed by atoms with van der Waals surface area (Å²) in [6.07, 6.45) is 3.92. The van der Waals surface area contributed by atoms with Crippen LogP contribution in [-0.2, 0) is 4.79 Å². The SMILES string of the molecule is CC(C)CNc1nnc(S[C@@H]2CCCCC2=O)s1. The van der Waals surface area contributed by atoms with Crippen LogP contribution >= 0.6 is 23.1 Å². The minimum atomic E-state index is 0.102. The maximum Gasteiger partial charge on any atom is 0.206 e. The quantitative estimate of drug-likeness (QED) is 0.900. The largest absolute Gasteiger partial charge is 0.360 e. The van der Waals surface area contributed by atoms with E-state index in [-0.39, 0.29) is 5.25 Å². The summed E-state index contributed by atoms with van der Waals surface area (Å²) in [5.41, 5.74) is 0. The molecular formula is C12H19N3OS2. The molecule has 4 nitrogen and oxygen atoms in total. The van der Waals surface area contributed by atoms with E-state index in [9.17, 15) is 4.79 Å². The van der Waals surface area contributed by atoms with Gasteiger partial charge in [-0.3, -0.25) is 4.79 Å². The van der Waals surface area contributed by atoms with E-state index in [1.807, 2.05) is 0 Å². The summed E-state index contributed by atoms with van der Waals surface area (Å²) in [6.45, 7) is 5.22. The molecule has 0 amide bonds. The first kappa shape index (κ1) is 13.8. The van der Waals surface area contributed by atoms with Crippen LogP contribution in [0.15, 0.2) is 4.34 Å². The molecule has 0 unspecified atom stereocenters. The number of ketones is 1. The van der Waals surface area contributed by atoms with Gasteiger partial charge in [0.25, 0.3) is 0 Å². The van der Waals surface area contributed by atoms with Crippen molar-refractivity contribution < 1.29 is 4.79 Å². The van der Waals surface area contributed by atoms with Gasteiger partial charge in [0.1, 0.15) is 5.78 Å². The molecule has 1 atom stereocenters. The van der Waals surface area contributed by atoms with Crippen molar-refractivity contribution in [1.29, 1.82) is 0 Å². The minimum Gasteiger partial charge on any atom is -0.360 e. The summed E-state index contributed by atoms with van der Waals surface area (Å²) in [7, 11) is 0. The monoisotopic (exact) mass is 285 g/mol. The van der Waals surface area contributed by atoms with E-state index in [2.05, 4.69) is 29.4 Å². The fraction of sp³-hybridized carbons (Fsp3) is 0.750. The Hall–Kier alpha value is -0.620. The maximum atomic E-state index is 11.7. The number of hydrogen-bond acceptors (Lipinski definition) is 6. The van der Waals surface area contributed by atoms with Gasteiger partial charge in [-0.05, 0) is 18.8 Å². The maximum absolute atomic E-state index is 11.7. The predicted octanol–water partition coefficient (Wildman–Crippen LogP) is 3.21. The molecule has 1 heterocycles. The van der Waals surface area contributed by atoms with E-state index in [0.717, 1.165) is 41.7 Å². The van der Waals surface area contributed by atoms with Gasteiger partial charge in [-0.1, -0.05) is 43.4 Å². The van der Waals surface area contributed by atoms with Crippen molar-refractivity contribution in [3.8, 4) is 0 Å². The average Bonchev–Trinajstić information content (AvgIpc) is 2.77. The van der Waals surface area contributed by atoms with Crippen molar-refractivity contribution in [2.75, 3.05) is 11.9 Å². The van der Waals surface area contributed by atoms with Crippen molar-refractivity contribution in [1.82, 2.24) is 10.2 Å². The van der Waals surface area contributed by atoms with Crippen LogP contribution < -0.4 is 5.32 Å². The van der Waals surface area contributed by atoms with Crippen LogP contribution in [0.3, 0.4) is 0 Å². The first-order chi connectivity index (χ1) is 8.65. The topological polar surface area (TPSA) is 54.9 Å². The molecule has 6 heteroatoms. The van der Waals surface area contributed by atoms with E-state index in [1.54, 1.807) is 23.1 Å². The molecule has 0 radical (unpaired) electrons. The van der Waals surface area contributed by atoms with Crippen molar-refractivity contribution in [2.45, 2.75) is 49.1 Å². The zero-order valence-corrected chi connectivity index (χ0v) is 12.4. The van der Waals surface area contributed by atoms with Gasteiger partial charge in [0.15, 0.2) is 4.34 Å². The number of nitrogens with zero attached hydrogens (tertiary/aromatic N) is 2. The second-order valence-corrected chi connectivity index (χ2v) is 7.39. The second-order valence-electron chi connectivity index (χ2n) is 4.97. The normalized spacial score (nSPS) is 20.4. The van der Waals surface area contributed by atoms with Crippen molar-refractivity contribution in [3.05, 3.63) is 0 Å². The zero-order valence-electron chi connectivity index (χ0n) is 10.8. The molecule has 1 aliphatic carbocycles. The summed E-state index contributed by atoms with van der Waals surface area (Å²) in [5.74, 6) is 0.961. The Morgan fingerprint density at radius 1 is 1.44 bits per heavy atom. The second kappa shape index (κ2) is 6.52. The standard InChI is InChI=1S/C12H19N3OS2/c1-8(2)7-13-11-14-15-12(18-11)17-10-6-4-3-5-9(10)16/h8,10H,3-7H2,1-2H3,(H,13,14)/t10-/m1/s1. The Kier molecular flexibility index (Phi) is 5.00. The van der Waals surface area contributed by atoms with Gasteiger partial charge in [-0.2, -0.15) is 0 Å². The Morgan fingerprint density at radius 3 is 3.00 bits per heavy atom. The van der Waals surface area contributed by atoms with Crippen LogP contribution in [0.2, 0.25) is 0 Å². The molecule has 1 aromatic heterocycles. The lowest BCUT2D eigenvalue weighted by molar-refractivity contribution is -0.119. The average molecular weight is 285 g/mol. The number of aromatic nitrogens is 2. The van der Waals surface area contributed by atoms with Crippen molar-refractivity contribution in [3.63, 3.8) is 0 Å². The number of rotatable bonds is 5. The van der Waals surface area contributed by atoms with Crippen LogP contribution in [0.1, 0.15) is 39.5 Å². The van der Waals surface area contributed by atoms with Gasteiger partial charge in [0, 0.05) is 13.0 Å². The molecular weight excluding hydrogens is 266 g/mol. The number of anilines is 1. The summed E-state index contributed by atoms with van der Waals surface area (Å²) in [4.78, 5) is 11.7. The summed E-state index contributed by atoms with van der Waals surface area (Å²) >= 11 is 3.13. The number of Topliss-reactive ketones (excluding diaryl/α,β-unsaturated/α-hetero) is 1. The summed E-state index contributed by atoms with van der Waals surface area (Å²) in [5, 5.41) is 12.5. The van der Waals surface area contributed by atoms with Gasteiger partial charge >= 0.3 is 0 Å². The Morgan fingerprint density at radius 2 is 2.28 bits per heavy atom. The van der Waals surface area contributed by atoms with Gasteiger partial charge in [0.05, 0.1) is 5.25 Å². The van der Waals surface area contributed by atoms with Gasteiger partial charge in [0.2, 0.25) is 5.13 Å². The number of thioether (sulfide) groups is 1. The van der Waals surface area contributed by atoms with Crippen LogP contribution in [-0.4, -0.2) is 27.8 Å². The molecule has 1 aromatic rings. The van der Waals surface area contributed by atoms with Gasteiger partial charge in [-0.25, -0.2) is 0 Å². The van der Waals surface area contributed by atoms with Crippen LogP contribution in [0.5, 0.6) is 0 Å². The highest BCUT2D eigenvalue weighted by atomic mass is 32.2. The Labute approximate surface area is 116 Å². The van der Waals surface area contributed by atoms with E-state index < -0.39 is 0 Å². The molecule has 100 valence electrons. The lowest BCUT2D eigenvalue weighted by atomic mass is 9.99. The van der Waals surface area contributed by atoms with Crippen LogP contribution in [0.25, 0.3) is 0 Å². The molecule has 1 N–H and O–H groups in total. The molecule has 2 rings (SSSR count). The third-order valence-corrected chi connectivity index (χ3v) is 5.09. The zero-order chi connectivity index (χ0) is 13.0. The highest BCUT2D eigenvalue weighted by Gasteiger charge is 2.24. The smallest absolute Gasteiger partial charge is 0.206 e. The fourth-order valence-electron chi connectivity index (χ4n) is 1.82. The van der Waals surface area contributed by atoms with Crippen LogP contribution in [0, 0.1) is 5.92 Å². The number of hydrogen-bond donors (Lipinski definition) is 1. The summed E-state index contributed by atoms with van der Waals surface area (Å²) in [6, 6.07) is 0. The molecule has 1 aliphatic rings. The third kappa shape index (κ3) is 3.95. The Balaban J connectivity index is 1.87. The van der Waals surface area contributed by atoms with E-state index in [1.165, 1.54) is 0 Å². The van der Waals surface area contributed by atoms with Gasteiger partial charge < -0.3 is 5.32 Å². The van der Waals surface area contributed by atoms with E-state index in [4.69, 9.17) is 0 Å². The molecule has 18 heavy (non-hydrogen) atoms. The van der Waals surface area contributed by atoms with Crippen molar-refractivity contribution >= 4 is 34.0 Å². The molecule has 0 bridgehead atoms. The molecule has 0 aliphatic heterocycles. The Bertz CT molecular complexity index is 406. The van der Waals surface area contributed by atoms with Crippen LogP contribution in [0.4, 0.5) is 5.13 Å². The lowest BCUT2D eigenvalue weighted by Gasteiger charge is -2.17. The van der Waals surface area contributed by atoms with E-state index in [0.29, 0.717) is 11.7 Å².